The third-order valence-corrected chi connectivity index (χ3v) is 7.88. The van der Waals surface area contributed by atoms with Gasteiger partial charge in [0.2, 0.25) is 15.9 Å². The number of rotatable bonds is 8. The van der Waals surface area contributed by atoms with Crippen LogP contribution >= 0.6 is 11.3 Å². The first-order valence-corrected chi connectivity index (χ1v) is 13.6. The molecule has 0 aliphatic carbocycles. The highest BCUT2D eigenvalue weighted by molar-refractivity contribution is 7.93. The summed E-state index contributed by atoms with van der Waals surface area (Å²) in [6.07, 6.45) is 2.52. The summed E-state index contributed by atoms with van der Waals surface area (Å²) in [6.45, 7) is 3.36. The van der Waals surface area contributed by atoms with Crippen molar-refractivity contribution < 1.29 is 21.6 Å². The molecular formula is C20H22N4O5S3. The predicted octanol–water partition coefficient (Wildman–Crippen LogP) is 3.05. The molecule has 32 heavy (non-hydrogen) atoms. The summed E-state index contributed by atoms with van der Waals surface area (Å²) in [5.74, 6) is -0.562. The molecule has 3 rings (SSSR count). The number of sulfonamides is 2. The van der Waals surface area contributed by atoms with Gasteiger partial charge in [0, 0.05) is 17.3 Å². The highest BCUT2D eigenvalue weighted by Crippen LogP contribution is 2.23. The number of aryl methyl sites for hydroxylation is 1. The number of amides is 1. The second kappa shape index (κ2) is 9.27. The van der Waals surface area contributed by atoms with E-state index in [2.05, 4.69) is 15.0 Å². The van der Waals surface area contributed by atoms with Crippen LogP contribution in [0, 0.1) is 6.92 Å². The molecule has 0 bridgehead atoms. The number of hydrogen-bond donors (Lipinski definition) is 2. The SMILES string of the molecule is Cc1ccc(N(C(C)C(=O)Nc2ccc(S(=O)(=O)Nc3nccs3)cc2)S(C)(=O)=O)cc1. The number of thiazole rings is 1. The average Bonchev–Trinajstić information content (AvgIpc) is 3.21. The van der Waals surface area contributed by atoms with Crippen LogP contribution in [-0.4, -0.2) is 40.0 Å². The van der Waals surface area contributed by atoms with Gasteiger partial charge in [0.25, 0.3) is 10.0 Å². The van der Waals surface area contributed by atoms with Crippen LogP contribution in [0.15, 0.2) is 65.0 Å². The van der Waals surface area contributed by atoms with E-state index in [-0.39, 0.29) is 10.0 Å². The molecule has 0 aliphatic heterocycles. The average molecular weight is 495 g/mol. The van der Waals surface area contributed by atoms with Crippen LogP contribution in [-0.2, 0) is 24.8 Å². The third-order valence-electron chi connectivity index (χ3n) is 4.46. The maximum atomic E-state index is 12.8. The van der Waals surface area contributed by atoms with Crippen molar-refractivity contribution in [3.63, 3.8) is 0 Å². The monoisotopic (exact) mass is 494 g/mol. The van der Waals surface area contributed by atoms with E-state index in [4.69, 9.17) is 0 Å². The summed E-state index contributed by atoms with van der Waals surface area (Å²) < 4.78 is 53.0. The molecule has 0 saturated heterocycles. The molecule has 0 radical (unpaired) electrons. The Morgan fingerprint density at radius 3 is 2.19 bits per heavy atom. The topological polar surface area (TPSA) is 126 Å². The van der Waals surface area contributed by atoms with Crippen molar-refractivity contribution >= 4 is 53.8 Å². The molecule has 0 fully saturated rings. The fourth-order valence-electron chi connectivity index (χ4n) is 2.91. The highest BCUT2D eigenvalue weighted by atomic mass is 32.2. The number of carbonyl (C=O) groups excluding carboxylic acids is 1. The van der Waals surface area contributed by atoms with E-state index < -0.39 is 32.0 Å². The lowest BCUT2D eigenvalue weighted by Gasteiger charge is -2.28. The second-order valence-corrected chi connectivity index (χ2v) is 11.5. The molecule has 170 valence electrons. The second-order valence-electron chi connectivity index (χ2n) is 7.03. The van der Waals surface area contributed by atoms with Gasteiger partial charge in [0.05, 0.1) is 16.8 Å². The Labute approximate surface area is 191 Å². The van der Waals surface area contributed by atoms with Crippen LogP contribution in [0.2, 0.25) is 0 Å². The van der Waals surface area contributed by atoms with Crippen molar-refractivity contribution in [1.82, 2.24) is 4.98 Å². The van der Waals surface area contributed by atoms with Crippen molar-refractivity contribution in [2.75, 3.05) is 20.6 Å². The van der Waals surface area contributed by atoms with Crippen molar-refractivity contribution in [2.45, 2.75) is 24.8 Å². The molecule has 1 aromatic heterocycles. The van der Waals surface area contributed by atoms with Gasteiger partial charge < -0.3 is 5.32 Å². The lowest BCUT2D eigenvalue weighted by Crippen LogP contribution is -2.45. The van der Waals surface area contributed by atoms with Crippen molar-refractivity contribution in [1.29, 1.82) is 0 Å². The Hall–Kier alpha value is -2.96. The predicted molar refractivity (Wildman–Crippen MR) is 126 cm³/mol. The van der Waals surface area contributed by atoms with Crippen molar-refractivity contribution in [3.05, 3.63) is 65.7 Å². The van der Waals surface area contributed by atoms with Gasteiger partial charge in [-0.15, -0.1) is 11.3 Å². The Kier molecular flexibility index (Phi) is 6.86. The number of carbonyl (C=O) groups is 1. The van der Waals surface area contributed by atoms with Crippen LogP contribution < -0.4 is 14.3 Å². The molecule has 0 spiro atoms. The minimum atomic E-state index is -3.82. The molecule has 1 heterocycles. The summed E-state index contributed by atoms with van der Waals surface area (Å²) in [6, 6.07) is 11.3. The van der Waals surface area contributed by atoms with Crippen molar-refractivity contribution in [3.8, 4) is 0 Å². The molecule has 0 saturated carbocycles. The van der Waals surface area contributed by atoms with Gasteiger partial charge >= 0.3 is 0 Å². The molecule has 2 aromatic carbocycles. The fourth-order valence-corrected chi connectivity index (χ4v) is 5.88. The van der Waals surface area contributed by atoms with Crippen LogP contribution in [0.1, 0.15) is 12.5 Å². The van der Waals surface area contributed by atoms with E-state index >= 15 is 0 Å². The third kappa shape index (κ3) is 5.64. The number of nitrogens with zero attached hydrogens (tertiary/aromatic N) is 2. The van der Waals surface area contributed by atoms with Gasteiger partial charge in [0.15, 0.2) is 5.13 Å². The van der Waals surface area contributed by atoms with Crippen LogP contribution in [0.5, 0.6) is 0 Å². The van der Waals surface area contributed by atoms with E-state index in [0.717, 1.165) is 27.5 Å². The van der Waals surface area contributed by atoms with Gasteiger partial charge in [-0.3, -0.25) is 13.8 Å². The van der Waals surface area contributed by atoms with Gasteiger partial charge in [-0.05, 0) is 50.2 Å². The van der Waals surface area contributed by atoms with Crippen molar-refractivity contribution in [2.24, 2.45) is 0 Å². The van der Waals surface area contributed by atoms with E-state index in [9.17, 15) is 21.6 Å². The molecule has 1 unspecified atom stereocenters. The van der Waals surface area contributed by atoms with Gasteiger partial charge in [-0.25, -0.2) is 21.8 Å². The first-order chi connectivity index (χ1) is 15.0. The van der Waals surface area contributed by atoms with Crippen LogP contribution in [0.3, 0.4) is 0 Å². The number of nitrogens with one attached hydrogen (secondary N) is 2. The molecule has 3 aromatic rings. The first kappa shape index (κ1) is 23.7. The van der Waals surface area contributed by atoms with Crippen LogP contribution in [0.25, 0.3) is 0 Å². The smallest absolute Gasteiger partial charge is 0.263 e. The zero-order valence-electron chi connectivity index (χ0n) is 17.5. The fraction of sp³-hybridized carbons (Fsp3) is 0.200. The lowest BCUT2D eigenvalue weighted by molar-refractivity contribution is -0.116. The molecule has 12 heteroatoms. The minimum Gasteiger partial charge on any atom is -0.324 e. The Morgan fingerprint density at radius 1 is 1.03 bits per heavy atom. The molecule has 1 amide bonds. The molecule has 2 N–H and O–H groups in total. The lowest BCUT2D eigenvalue weighted by atomic mass is 10.2. The largest absolute Gasteiger partial charge is 0.324 e. The summed E-state index contributed by atoms with van der Waals surface area (Å²) in [5.41, 5.74) is 1.65. The number of benzene rings is 2. The molecule has 0 aliphatic rings. The summed E-state index contributed by atoms with van der Waals surface area (Å²) in [5, 5.41) is 4.52. The molecular weight excluding hydrogens is 472 g/mol. The molecule has 1 atom stereocenters. The standard InChI is InChI=1S/C20H22N4O5S3/c1-14-4-8-17(9-5-14)24(31(3,26)27)15(2)19(25)22-16-6-10-18(11-7-16)32(28,29)23-20-21-12-13-30-20/h4-13,15H,1-3H3,(H,21,23)(H,22,25). The summed E-state index contributed by atoms with van der Waals surface area (Å²) >= 11 is 1.15. The van der Waals surface area contributed by atoms with Gasteiger partial charge in [-0.2, -0.15) is 0 Å². The van der Waals surface area contributed by atoms with E-state index in [1.165, 1.54) is 37.4 Å². The first-order valence-electron chi connectivity index (χ1n) is 9.37. The number of aromatic nitrogens is 1. The van der Waals surface area contributed by atoms with E-state index in [1.54, 1.807) is 29.6 Å². The van der Waals surface area contributed by atoms with Crippen LogP contribution in [0.4, 0.5) is 16.5 Å². The quantitative estimate of drug-likeness (QED) is 0.496. The number of hydrogen-bond acceptors (Lipinski definition) is 7. The Bertz CT molecular complexity index is 1290. The Morgan fingerprint density at radius 2 is 1.66 bits per heavy atom. The minimum absolute atomic E-state index is 0.00355. The van der Waals surface area contributed by atoms with Gasteiger partial charge in [0.1, 0.15) is 6.04 Å². The zero-order valence-corrected chi connectivity index (χ0v) is 20.0. The van der Waals surface area contributed by atoms with Gasteiger partial charge in [-0.1, -0.05) is 17.7 Å². The Balaban J connectivity index is 1.76. The highest BCUT2D eigenvalue weighted by Gasteiger charge is 2.29. The van der Waals surface area contributed by atoms with E-state index in [0.29, 0.717) is 11.4 Å². The normalized spacial score (nSPS) is 12.7. The number of anilines is 3. The molecule has 9 nitrogen and oxygen atoms in total. The van der Waals surface area contributed by atoms with E-state index in [1.807, 2.05) is 6.92 Å². The zero-order chi connectivity index (χ0) is 23.5. The summed E-state index contributed by atoms with van der Waals surface area (Å²) in [7, 11) is -7.56. The maximum absolute atomic E-state index is 12.8. The maximum Gasteiger partial charge on any atom is 0.263 e. The summed E-state index contributed by atoms with van der Waals surface area (Å²) in [4.78, 5) is 16.7.